The number of carbonyl (C=O) groups excluding carboxylic acids is 1. The van der Waals surface area contributed by atoms with Gasteiger partial charge < -0.3 is 4.74 Å². The van der Waals surface area contributed by atoms with Gasteiger partial charge >= 0.3 is 5.97 Å². The molecule has 0 unspecified atom stereocenters. The van der Waals surface area contributed by atoms with Gasteiger partial charge in [-0.1, -0.05) is 6.07 Å². The van der Waals surface area contributed by atoms with Gasteiger partial charge in [-0.15, -0.1) is 0 Å². The average Bonchev–Trinajstić information content (AvgIpc) is 2.48. The number of esters is 1. The van der Waals surface area contributed by atoms with Crippen LogP contribution < -0.4 is 4.72 Å². The highest BCUT2D eigenvalue weighted by molar-refractivity contribution is 7.92. The number of benzene rings is 2. The average molecular weight is 323 g/mol. The van der Waals surface area contributed by atoms with Crippen molar-refractivity contribution in [2.24, 2.45) is 0 Å². The van der Waals surface area contributed by atoms with E-state index in [1.54, 1.807) is 6.92 Å². The summed E-state index contributed by atoms with van der Waals surface area (Å²) in [5, 5.41) is 0. The molecule has 2 aromatic carbocycles. The maximum atomic E-state index is 13.1. The first-order valence-corrected chi connectivity index (χ1v) is 7.96. The summed E-state index contributed by atoms with van der Waals surface area (Å²) in [5.41, 5.74) is 0.577. The first kappa shape index (κ1) is 16.0. The second-order valence-corrected chi connectivity index (χ2v) is 6.04. The summed E-state index contributed by atoms with van der Waals surface area (Å²) in [6.07, 6.45) is 0. The number of rotatable bonds is 5. The van der Waals surface area contributed by atoms with Crippen molar-refractivity contribution in [2.45, 2.75) is 11.8 Å². The van der Waals surface area contributed by atoms with Crippen molar-refractivity contribution in [1.82, 2.24) is 0 Å². The van der Waals surface area contributed by atoms with Crippen LogP contribution >= 0.6 is 0 Å². The molecule has 7 heteroatoms. The molecule has 0 heterocycles. The van der Waals surface area contributed by atoms with Gasteiger partial charge in [0, 0.05) is 5.69 Å². The van der Waals surface area contributed by atoms with Crippen molar-refractivity contribution < 1.29 is 22.3 Å². The second kappa shape index (κ2) is 6.57. The Balaban J connectivity index is 2.18. The molecule has 22 heavy (non-hydrogen) atoms. The summed E-state index contributed by atoms with van der Waals surface area (Å²) < 4.78 is 44.5. The summed E-state index contributed by atoms with van der Waals surface area (Å²) in [6.45, 7) is 1.95. The third-order valence-electron chi connectivity index (χ3n) is 2.75. The summed E-state index contributed by atoms with van der Waals surface area (Å²) >= 11 is 0. The molecule has 0 fully saturated rings. The van der Waals surface area contributed by atoms with Crippen LogP contribution in [0.4, 0.5) is 10.1 Å². The largest absolute Gasteiger partial charge is 0.462 e. The summed E-state index contributed by atoms with van der Waals surface area (Å²) in [5.74, 6) is -1.12. The highest BCUT2D eigenvalue weighted by Gasteiger charge is 2.15. The first-order chi connectivity index (χ1) is 10.4. The third-order valence-corrected chi connectivity index (χ3v) is 4.13. The highest BCUT2D eigenvalue weighted by atomic mass is 32.2. The van der Waals surface area contributed by atoms with Gasteiger partial charge in [0.05, 0.1) is 17.1 Å². The van der Waals surface area contributed by atoms with Crippen molar-refractivity contribution in [1.29, 1.82) is 0 Å². The van der Waals surface area contributed by atoms with E-state index in [9.17, 15) is 17.6 Å². The number of halogens is 1. The molecule has 0 bridgehead atoms. The van der Waals surface area contributed by atoms with E-state index in [0.29, 0.717) is 5.56 Å². The Kier molecular flexibility index (Phi) is 4.77. The van der Waals surface area contributed by atoms with Crippen LogP contribution in [0, 0.1) is 5.82 Å². The lowest BCUT2D eigenvalue weighted by Gasteiger charge is -2.09. The molecule has 2 rings (SSSR count). The smallest absolute Gasteiger partial charge is 0.338 e. The molecule has 0 aromatic heterocycles. The van der Waals surface area contributed by atoms with Gasteiger partial charge in [-0.25, -0.2) is 17.6 Å². The van der Waals surface area contributed by atoms with E-state index in [4.69, 9.17) is 4.74 Å². The Morgan fingerprint density at radius 3 is 2.45 bits per heavy atom. The Hall–Kier alpha value is -2.41. The zero-order valence-electron chi connectivity index (χ0n) is 11.7. The van der Waals surface area contributed by atoms with Gasteiger partial charge in [0.25, 0.3) is 10.0 Å². The quantitative estimate of drug-likeness (QED) is 0.859. The zero-order valence-corrected chi connectivity index (χ0v) is 12.6. The Morgan fingerprint density at radius 1 is 1.18 bits per heavy atom. The molecule has 0 aliphatic carbocycles. The zero-order chi connectivity index (χ0) is 16.2. The molecule has 0 atom stereocenters. The molecular formula is C15H14FNO4S. The first-order valence-electron chi connectivity index (χ1n) is 6.48. The van der Waals surface area contributed by atoms with Crippen molar-refractivity contribution in [3.63, 3.8) is 0 Å². The van der Waals surface area contributed by atoms with Crippen LogP contribution in [-0.4, -0.2) is 21.0 Å². The maximum Gasteiger partial charge on any atom is 0.338 e. The fourth-order valence-corrected chi connectivity index (χ4v) is 2.83. The van der Waals surface area contributed by atoms with E-state index < -0.39 is 21.8 Å². The molecule has 0 saturated heterocycles. The number of hydrogen-bond donors (Lipinski definition) is 1. The van der Waals surface area contributed by atoms with Crippen LogP contribution in [0.25, 0.3) is 0 Å². The Bertz CT molecular complexity index is 772. The van der Waals surface area contributed by atoms with Crippen LogP contribution in [0.3, 0.4) is 0 Å². The topological polar surface area (TPSA) is 72.5 Å². The SMILES string of the molecule is CCOC(=O)c1ccc(NS(=O)(=O)c2cccc(F)c2)cc1. The third kappa shape index (κ3) is 3.82. The van der Waals surface area contributed by atoms with E-state index in [-0.39, 0.29) is 17.2 Å². The van der Waals surface area contributed by atoms with Crippen LogP contribution in [0.1, 0.15) is 17.3 Å². The lowest BCUT2D eigenvalue weighted by Crippen LogP contribution is -2.13. The van der Waals surface area contributed by atoms with Crippen molar-refractivity contribution in [3.8, 4) is 0 Å². The molecule has 2 aromatic rings. The fraction of sp³-hybridized carbons (Fsp3) is 0.133. The van der Waals surface area contributed by atoms with Crippen LogP contribution in [0.2, 0.25) is 0 Å². The van der Waals surface area contributed by atoms with Crippen molar-refractivity contribution >= 4 is 21.7 Å². The van der Waals surface area contributed by atoms with Crippen LogP contribution in [0.15, 0.2) is 53.4 Å². The molecule has 116 valence electrons. The van der Waals surface area contributed by atoms with Crippen molar-refractivity contribution in [3.05, 3.63) is 59.9 Å². The van der Waals surface area contributed by atoms with E-state index in [0.717, 1.165) is 12.1 Å². The number of sulfonamides is 1. The van der Waals surface area contributed by atoms with Gasteiger partial charge in [-0.05, 0) is 49.4 Å². The van der Waals surface area contributed by atoms with E-state index in [2.05, 4.69) is 4.72 Å². The molecule has 0 spiro atoms. The van der Waals surface area contributed by atoms with E-state index in [1.807, 2.05) is 0 Å². The Labute approximate surface area is 127 Å². The second-order valence-electron chi connectivity index (χ2n) is 4.36. The fourth-order valence-electron chi connectivity index (χ4n) is 1.74. The number of ether oxygens (including phenoxy) is 1. The lowest BCUT2D eigenvalue weighted by atomic mass is 10.2. The summed E-state index contributed by atoms with van der Waals surface area (Å²) in [4.78, 5) is 11.3. The molecule has 0 amide bonds. The monoisotopic (exact) mass is 323 g/mol. The number of carbonyl (C=O) groups is 1. The highest BCUT2D eigenvalue weighted by Crippen LogP contribution is 2.17. The predicted molar refractivity (Wildman–Crippen MR) is 79.6 cm³/mol. The summed E-state index contributed by atoms with van der Waals surface area (Å²) in [6, 6.07) is 10.4. The number of anilines is 1. The molecule has 0 aliphatic heterocycles. The van der Waals surface area contributed by atoms with Crippen molar-refractivity contribution in [2.75, 3.05) is 11.3 Å². The minimum absolute atomic E-state index is 0.179. The van der Waals surface area contributed by atoms with Gasteiger partial charge in [0.1, 0.15) is 5.82 Å². The van der Waals surface area contributed by atoms with Crippen LogP contribution in [0.5, 0.6) is 0 Å². The van der Waals surface area contributed by atoms with Gasteiger partial charge in [-0.2, -0.15) is 0 Å². The maximum absolute atomic E-state index is 13.1. The minimum Gasteiger partial charge on any atom is -0.462 e. The standard InChI is InChI=1S/C15H14FNO4S/c1-2-21-15(18)11-6-8-13(9-7-11)17-22(19,20)14-5-3-4-12(16)10-14/h3-10,17H,2H2,1H3. The van der Waals surface area contributed by atoms with E-state index in [1.165, 1.54) is 36.4 Å². The minimum atomic E-state index is -3.89. The molecule has 5 nitrogen and oxygen atoms in total. The van der Waals surface area contributed by atoms with Gasteiger partial charge in [0.2, 0.25) is 0 Å². The summed E-state index contributed by atoms with van der Waals surface area (Å²) in [7, 11) is -3.89. The molecule has 0 saturated carbocycles. The number of nitrogens with one attached hydrogen (secondary N) is 1. The Morgan fingerprint density at radius 2 is 1.86 bits per heavy atom. The lowest BCUT2D eigenvalue weighted by molar-refractivity contribution is 0.0526. The van der Waals surface area contributed by atoms with Crippen LogP contribution in [-0.2, 0) is 14.8 Å². The molecule has 0 aliphatic rings. The van der Waals surface area contributed by atoms with E-state index >= 15 is 0 Å². The molecule has 1 N–H and O–H groups in total. The van der Waals surface area contributed by atoms with Gasteiger partial charge in [0.15, 0.2) is 0 Å². The number of hydrogen-bond acceptors (Lipinski definition) is 4. The molecular weight excluding hydrogens is 309 g/mol. The predicted octanol–water partition coefficient (Wildman–Crippen LogP) is 2.80. The normalized spacial score (nSPS) is 11.0. The molecule has 0 radical (unpaired) electrons. The van der Waals surface area contributed by atoms with Gasteiger partial charge in [-0.3, -0.25) is 4.72 Å².